The van der Waals surface area contributed by atoms with E-state index in [0.717, 1.165) is 5.56 Å². The van der Waals surface area contributed by atoms with Crippen molar-refractivity contribution < 1.29 is 19.1 Å². The molecule has 1 aromatic heterocycles. The summed E-state index contributed by atoms with van der Waals surface area (Å²) in [6.45, 7) is 1.96. The number of H-pyrrole nitrogens is 1. The van der Waals surface area contributed by atoms with Gasteiger partial charge in [0.25, 0.3) is 0 Å². The maximum absolute atomic E-state index is 12.0. The third kappa shape index (κ3) is 3.25. The summed E-state index contributed by atoms with van der Waals surface area (Å²) >= 11 is 5.85. The largest absolute Gasteiger partial charge is 0.464 e. The number of carbonyl (C=O) groups is 2. The SMILES string of the molecule is CCOC(=O)c1cc(C(=O)OC)[nH]c1-c1ccc(Cl)cc1. The monoisotopic (exact) mass is 307 g/mol. The Kier molecular flexibility index (Phi) is 4.65. The quantitative estimate of drug-likeness (QED) is 0.880. The molecule has 0 atom stereocenters. The van der Waals surface area contributed by atoms with Gasteiger partial charge in [0.15, 0.2) is 0 Å². The third-order valence-electron chi connectivity index (χ3n) is 2.85. The number of rotatable bonds is 4. The van der Waals surface area contributed by atoms with Crippen molar-refractivity contribution in [3.63, 3.8) is 0 Å². The van der Waals surface area contributed by atoms with Crippen molar-refractivity contribution in [2.45, 2.75) is 6.92 Å². The van der Waals surface area contributed by atoms with E-state index in [9.17, 15) is 9.59 Å². The molecule has 0 unspecified atom stereocenters. The smallest absolute Gasteiger partial charge is 0.354 e. The van der Waals surface area contributed by atoms with Gasteiger partial charge in [-0.15, -0.1) is 0 Å². The highest BCUT2D eigenvalue weighted by Crippen LogP contribution is 2.26. The Balaban J connectivity index is 2.51. The summed E-state index contributed by atoms with van der Waals surface area (Å²) < 4.78 is 9.66. The van der Waals surface area contributed by atoms with E-state index < -0.39 is 11.9 Å². The molecule has 5 nitrogen and oxygen atoms in total. The van der Waals surface area contributed by atoms with E-state index in [1.807, 2.05) is 0 Å². The second kappa shape index (κ2) is 6.45. The highest BCUT2D eigenvalue weighted by molar-refractivity contribution is 6.30. The fraction of sp³-hybridized carbons (Fsp3) is 0.200. The fourth-order valence-corrected chi connectivity index (χ4v) is 2.01. The number of hydrogen-bond donors (Lipinski definition) is 1. The first kappa shape index (κ1) is 15.1. The lowest BCUT2D eigenvalue weighted by Gasteiger charge is -2.04. The molecule has 0 spiro atoms. The summed E-state index contributed by atoms with van der Waals surface area (Å²) in [6, 6.07) is 8.32. The van der Waals surface area contributed by atoms with Crippen LogP contribution in [0.4, 0.5) is 0 Å². The van der Waals surface area contributed by atoms with Gasteiger partial charge in [-0.2, -0.15) is 0 Å². The van der Waals surface area contributed by atoms with Crippen molar-refractivity contribution in [1.29, 1.82) is 0 Å². The molecule has 0 amide bonds. The maximum Gasteiger partial charge on any atom is 0.354 e. The molecule has 1 N–H and O–H groups in total. The van der Waals surface area contributed by atoms with Crippen LogP contribution in [-0.2, 0) is 9.47 Å². The van der Waals surface area contributed by atoms with Crippen LogP contribution in [0.1, 0.15) is 27.8 Å². The van der Waals surface area contributed by atoms with Crippen molar-refractivity contribution >= 4 is 23.5 Å². The molecule has 0 aliphatic rings. The number of carbonyl (C=O) groups excluding carboxylic acids is 2. The van der Waals surface area contributed by atoms with Gasteiger partial charge in [-0.05, 0) is 30.7 Å². The molecule has 2 rings (SSSR count). The van der Waals surface area contributed by atoms with Crippen molar-refractivity contribution in [2.24, 2.45) is 0 Å². The van der Waals surface area contributed by atoms with E-state index in [0.29, 0.717) is 10.7 Å². The molecule has 0 saturated carbocycles. The average Bonchev–Trinajstić information content (AvgIpc) is 2.92. The van der Waals surface area contributed by atoms with Gasteiger partial charge in [-0.3, -0.25) is 0 Å². The Morgan fingerprint density at radius 3 is 2.43 bits per heavy atom. The summed E-state index contributed by atoms with van der Waals surface area (Å²) in [5, 5.41) is 0.580. The lowest BCUT2D eigenvalue weighted by molar-refractivity contribution is 0.0527. The molecule has 2 aromatic rings. The molecule has 6 heteroatoms. The highest BCUT2D eigenvalue weighted by atomic mass is 35.5. The zero-order chi connectivity index (χ0) is 15.4. The molecule has 0 bridgehead atoms. The summed E-state index contributed by atoms with van der Waals surface area (Å²) in [4.78, 5) is 26.5. The molecular formula is C15H14ClNO4. The van der Waals surface area contributed by atoms with E-state index in [4.69, 9.17) is 16.3 Å². The normalized spacial score (nSPS) is 10.2. The number of aromatic nitrogens is 1. The predicted octanol–water partition coefficient (Wildman–Crippen LogP) is 3.30. The van der Waals surface area contributed by atoms with Crippen molar-refractivity contribution in [3.05, 3.63) is 46.6 Å². The maximum atomic E-state index is 12.0. The molecule has 0 saturated heterocycles. The van der Waals surface area contributed by atoms with E-state index in [2.05, 4.69) is 9.72 Å². The Morgan fingerprint density at radius 2 is 1.86 bits per heavy atom. The molecule has 1 aromatic carbocycles. The molecule has 21 heavy (non-hydrogen) atoms. The van der Waals surface area contributed by atoms with Crippen LogP contribution >= 0.6 is 11.6 Å². The van der Waals surface area contributed by atoms with Crippen LogP contribution in [0.5, 0.6) is 0 Å². The zero-order valence-corrected chi connectivity index (χ0v) is 12.4. The van der Waals surface area contributed by atoms with Crippen LogP contribution in [-0.4, -0.2) is 30.6 Å². The number of halogens is 1. The molecular weight excluding hydrogens is 294 g/mol. The number of aromatic amines is 1. The number of hydrogen-bond acceptors (Lipinski definition) is 4. The number of methoxy groups -OCH3 is 1. The molecule has 0 radical (unpaired) electrons. The average molecular weight is 308 g/mol. The zero-order valence-electron chi connectivity index (χ0n) is 11.6. The Bertz CT molecular complexity index is 661. The molecule has 110 valence electrons. The van der Waals surface area contributed by atoms with Gasteiger partial charge in [0, 0.05) is 5.02 Å². The fourth-order valence-electron chi connectivity index (χ4n) is 1.89. The second-order valence-electron chi connectivity index (χ2n) is 4.19. The number of ether oxygens (including phenoxy) is 2. The van der Waals surface area contributed by atoms with E-state index >= 15 is 0 Å². The van der Waals surface area contributed by atoms with Crippen LogP contribution in [0.25, 0.3) is 11.3 Å². The minimum absolute atomic E-state index is 0.186. The lowest BCUT2D eigenvalue weighted by atomic mass is 10.1. The van der Waals surface area contributed by atoms with Crippen LogP contribution in [0.2, 0.25) is 5.02 Å². The first-order valence-corrected chi connectivity index (χ1v) is 6.69. The van der Waals surface area contributed by atoms with Crippen LogP contribution in [0.3, 0.4) is 0 Å². The predicted molar refractivity (Wildman–Crippen MR) is 78.5 cm³/mol. The van der Waals surface area contributed by atoms with Crippen molar-refractivity contribution in [1.82, 2.24) is 4.98 Å². The van der Waals surface area contributed by atoms with Gasteiger partial charge in [0.2, 0.25) is 0 Å². The molecule has 0 fully saturated rings. The van der Waals surface area contributed by atoms with Crippen LogP contribution < -0.4 is 0 Å². The highest BCUT2D eigenvalue weighted by Gasteiger charge is 2.21. The molecule has 0 aliphatic carbocycles. The van der Waals surface area contributed by atoms with Crippen molar-refractivity contribution in [2.75, 3.05) is 13.7 Å². The van der Waals surface area contributed by atoms with Crippen LogP contribution in [0, 0.1) is 0 Å². The first-order chi connectivity index (χ1) is 10.1. The number of esters is 2. The van der Waals surface area contributed by atoms with Gasteiger partial charge in [-0.1, -0.05) is 23.7 Å². The van der Waals surface area contributed by atoms with E-state index in [-0.39, 0.29) is 17.9 Å². The van der Waals surface area contributed by atoms with E-state index in [1.165, 1.54) is 13.2 Å². The summed E-state index contributed by atoms with van der Waals surface area (Å²) in [5.74, 6) is -1.06. The van der Waals surface area contributed by atoms with Crippen molar-refractivity contribution in [3.8, 4) is 11.3 Å². The van der Waals surface area contributed by atoms with E-state index in [1.54, 1.807) is 31.2 Å². The standard InChI is InChI=1S/C15H14ClNO4/c1-3-21-14(18)11-8-12(15(19)20-2)17-13(11)9-4-6-10(16)7-5-9/h4-8,17H,3H2,1-2H3. The Labute approximate surface area is 126 Å². The summed E-state index contributed by atoms with van der Waals surface area (Å²) in [7, 11) is 1.27. The van der Waals surface area contributed by atoms with Gasteiger partial charge >= 0.3 is 11.9 Å². The van der Waals surface area contributed by atoms with Gasteiger partial charge < -0.3 is 14.5 Å². The van der Waals surface area contributed by atoms with Gasteiger partial charge in [0.05, 0.1) is 25.0 Å². The minimum atomic E-state index is -0.555. The number of benzene rings is 1. The minimum Gasteiger partial charge on any atom is -0.464 e. The lowest BCUT2D eigenvalue weighted by Crippen LogP contribution is -2.05. The topological polar surface area (TPSA) is 68.4 Å². The molecule has 0 aliphatic heterocycles. The summed E-state index contributed by atoms with van der Waals surface area (Å²) in [6.07, 6.45) is 0. The third-order valence-corrected chi connectivity index (χ3v) is 3.10. The Morgan fingerprint density at radius 1 is 1.19 bits per heavy atom. The van der Waals surface area contributed by atoms with Crippen LogP contribution in [0.15, 0.2) is 30.3 Å². The first-order valence-electron chi connectivity index (χ1n) is 6.31. The molecule has 1 heterocycles. The van der Waals surface area contributed by atoms with Gasteiger partial charge in [-0.25, -0.2) is 9.59 Å². The van der Waals surface area contributed by atoms with Gasteiger partial charge in [0.1, 0.15) is 5.69 Å². The Hall–Kier alpha value is -2.27. The summed E-state index contributed by atoms with van der Waals surface area (Å²) in [5.41, 5.74) is 1.67. The number of nitrogens with one attached hydrogen (secondary N) is 1. The second-order valence-corrected chi connectivity index (χ2v) is 4.63.